The first-order valence-corrected chi connectivity index (χ1v) is 7.93. The highest BCUT2D eigenvalue weighted by Gasteiger charge is 2.12. The molecule has 2 aromatic carbocycles. The summed E-state index contributed by atoms with van der Waals surface area (Å²) in [5.74, 6) is 1.22. The Balaban J connectivity index is 2.25. The third-order valence-corrected chi connectivity index (χ3v) is 4.14. The van der Waals surface area contributed by atoms with Crippen molar-refractivity contribution in [1.82, 2.24) is 9.55 Å². The van der Waals surface area contributed by atoms with E-state index in [1.54, 1.807) is 0 Å². The number of hydrogen-bond acceptors (Lipinski definition) is 2. The molecule has 0 atom stereocenters. The molecule has 0 aliphatic rings. The Labute approximate surface area is 137 Å². The molecule has 21 heavy (non-hydrogen) atoms. The molecule has 0 unspecified atom stereocenters. The van der Waals surface area contributed by atoms with Gasteiger partial charge in [0.2, 0.25) is 0 Å². The summed E-state index contributed by atoms with van der Waals surface area (Å²) >= 11 is 9.58. The third-order valence-electron chi connectivity index (χ3n) is 3.41. The van der Waals surface area contributed by atoms with Crippen molar-refractivity contribution in [2.24, 2.45) is 0 Å². The van der Waals surface area contributed by atoms with Gasteiger partial charge in [-0.2, -0.15) is 0 Å². The van der Waals surface area contributed by atoms with Crippen LogP contribution in [0.1, 0.15) is 5.82 Å². The average molecular weight is 365 g/mol. The van der Waals surface area contributed by atoms with Crippen molar-refractivity contribution in [2.75, 3.05) is 19.0 Å². The molecule has 0 spiro atoms. The molecule has 0 fully saturated rings. The highest BCUT2D eigenvalue weighted by Crippen LogP contribution is 2.27. The van der Waals surface area contributed by atoms with E-state index in [4.69, 9.17) is 11.6 Å². The lowest BCUT2D eigenvalue weighted by molar-refractivity contribution is 0.979. The normalized spacial score (nSPS) is 11.0. The molecule has 3 rings (SSSR count). The fourth-order valence-corrected chi connectivity index (χ4v) is 2.92. The lowest BCUT2D eigenvalue weighted by atomic mass is 10.2. The third kappa shape index (κ3) is 2.65. The maximum absolute atomic E-state index is 6.09. The number of benzene rings is 2. The Morgan fingerprint density at radius 2 is 2.00 bits per heavy atom. The molecule has 0 radical (unpaired) electrons. The van der Waals surface area contributed by atoms with Gasteiger partial charge in [0.1, 0.15) is 5.82 Å². The van der Waals surface area contributed by atoms with Crippen LogP contribution in [0, 0.1) is 0 Å². The molecule has 3 nitrogen and oxygen atoms in total. The van der Waals surface area contributed by atoms with Gasteiger partial charge in [-0.15, -0.1) is 11.6 Å². The Bertz CT molecular complexity index is 795. The summed E-state index contributed by atoms with van der Waals surface area (Å²) in [6.45, 7) is 0. The molecule has 0 aliphatic heterocycles. The van der Waals surface area contributed by atoms with E-state index >= 15 is 0 Å². The first-order valence-electron chi connectivity index (χ1n) is 6.61. The molecule has 0 bridgehead atoms. The number of aromatic nitrogens is 2. The molecule has 108 valence electrons. The second-order valence-corrected chi connectivity index (χ2v) is 6.23. The Hall–Kier alpha value is -1.52. The Morgan fingerprint density at radius 1 is 1.19 bits per heavy atom. The second-order valence-electron chi connectivity index (χ2n) is 5.04. The van der Waals surface area contributed by atoms with Crippen LogP contribution in [-0.4, -0.2) is 23.6 Å². The van der Waals surface area contributed by atoms with Gasteiger partial charge in [0.15, 0.2) is 0 Å². The lowest BCUT2D eigenvalue weighted by Gasteiger charge is -2.15. The predicted molar refractivity (Wildman–Crippen MR) is 92.7 cm³/mol. The lowest BCUT2D eigenvalue weighted by Crippen LogP contribution is -2.09. The predicted octanol–water partition coefficient (Wildman–Crippen LogP) is 4.59. The minimum atomic E-state index is 0.374. The van der Waals surface area contributed by atoms with E-state index in [9.17, 15) is 0 Å². The van der Waals surface area contributed by atoms with Crippen molar-refractivity contribution in [1.29, 1.82) is 0 Å². The molecule has 0 amide bonds. The summed E-state index contributed by atoms with van der Waals surface area (Å²) < 4.78 is 3.13. The Morgan fingerprint density at radius 3 is 2.71 bits per heavy atom. The monoisotopic (exact) mass is 363 g/mol. The van der Waals surface area contributed by atoms with Crippen LogP contribution < -0.4 is 4.90 Å². The molecule has 1 heterocycles. The van der Waals surface area contributed by atoms with Gasteiger partial charge in [0, 0.05) is 29.9 Å². The number of nitrogens with zero attached hydrogens (tertiary/aromatic N) is 3. The van der Waals surface area contributed by atoms with E-state index in [0.29, 0.717) is 5.88 Å². The van der Waals surface area contributed by atoms with E-state index in [1.165, 1.54) is 0 Å². The first kappa shape index (κ1) is 14.4. The van der Waals surface area contributed by atoms with Gasteiger partial charge >= 0.3 is 0 Å². The molecular weight excluding hydrogens is 350 g/mol. The second kappa shape index (κ2) is 5.70. The molecule has 1 aromatic heterocycles. The van der Waals surface area contributed by atoms with Gasteiger partial charge in [-0.25, -0.2) is 4.98 Å². The summed E-state index contributed by atoms with van der Waals surface area (Å²) in [4.78, 5) is 6.71. The van der Waals surface area contributed by atoms with Crippen molar-refractivity contribution >= 4 is 44.3 Å². The summed E-state index contributed by atoms with van der Waals surface area (Å²) in [6.07, 6.45) is 0. The number of anilines is 1. The summed E-state index contributed by atoms with van der Waals surface area (Å²) in [7, 11) is 4.06. The van der Waals surface area contributed by atoms with Crippen LogP contribution >= 0.6 is 27.5 Å². The zero-order valence-electron chi connectivity index (χ0n) is 11.8. The Kier molecular flexibility index (Phi) is 3.91. The van der Waals surface area contributed by atoms with E-state index in [2.05, 4.69) is 54.6 Å². The van der Waals surface area contributed by atoms with Crippen molar-refractivity contribution in [2.45, 2.75) is 5.88 Å². The molecule has 0 saturated heterocycles. The van der Waals surface area contributed by atoms with Crippen LogP contribution in [-0.2, 0) is 5.88 Å². The van der Waals surface area contributed by atoms with Crippen LogP contribution in [0.4, 0.5) is 5.69 Å². The van der Waals surface area contributed by atoms with E-state index in [0.717, 1.165) is 32.7 Å². The van der Waals surface area contributed by atoms with Gasteiger partial charge < -0.3 is 4.90 Å². The number of rotatable bonds is 3. The van der Waals surface area contributed by atoms with Gasteiger partial charge in [-0.1, -0.05) is 22.0 Å². The SMILES string of the molecule is CN(C)c1cccc(-n2c(CCl)nc3cc(Br)ccc32)c1. The molecule has 0 aliphatic carbocycles. The quantitative estimate of drug-likeness (QED) is 0.634. The number of fused-ring (bicyclic) bond motifs is 1. The van der Waals surface area contributed by atoms with E-state index in [1.807, 2.05) is 32.3 Å². The standard InChI is InChI=1S/C16H15BrClN3/c1-20(2)12-4-3-5-13(9-12)21-15-7-6-11(17)8-14(15)19-16(21)10-18/h3-9H,10H2,1-2H3. The van der Waals surface area contributed by atoms with E-state index in [-0.39, 0.29) is 0 Å². The minimum Gasteiger partial charge on any atom is -0.378 e. The largest absolute Gasteiger partial charge is 0.378 e. The topological polar surface area (TPSA) is 21.1 Å². The average Bonchev–Trinajstić information content (AvgIpc) is 2.84. The van der Waals surface area contributed by atoms with Crippen LogP contribution in [0.3, 0.4) is 0 Å². The summed E-state index contributed by atoms with van der Waals surface area (Å²) in [5, 5.41) is 0. The molecule has 3 aromatic rings. The van der Waals surface area contributed by atoms with Crippen LogP contribution in [0.25, 0.3) is 16.7 Å². The van der Waals surface area contributed by atoms with Gasteiger partial charge in [-0.05, 0) is 36.4 Å². The van der Waals surface area contributed by atoms with Gasteiger partial charge in [-0.3, -0.25) is 4.57 Å². The van der Waals surface area contributed by atoms with Crippen molar-refractivity contribution in [3.8, 4) is 5.69 Å². The fourth-order valence-electron chi connectivity index (χ4n) is 2.39. The minimum absolute atomic E-state index is 0.374. The summed E-state index contributed by atoms with van der Waals surface area (Å²) in [5.41, 5.74) is 4.22. The van der Waals surface area contributed by atoms with Crippen molar-refractivity contribution < 1.29 is 0 Å². The fraction of sp³-hybridized carbons (Fsp3) is 0.188. The number of halogens is 2. The van der Waals surface area contributed by atoms with Gasteiger partial charge in [0.25, 0.3) is 0 Å². The maximum atomic E-state index is 6.09. The van der Waals surface area contributed by atoms with Crippen LogP contribution in [0.15, 0.2) is 46.9 Å². The van der Waals surface area contributed by atoms with Gasteiger partial charge in [0.05, 0.1) is 16.9 Å². The highest BCUT2D eigenvalue weighted by molar-refractivity contribution is 9.10. The first-order chi connectivity index (χ1) is 10.1. The molecule has 5 heteroatoms. The van der Waals surface area contributed by atoms with Crippen molar-refractivity contribution in [3.63, 3.8) is 0 Å². The highest BCUT2D eigenvalue weighted by atomic mass is 79.9. The van der Waals surface area contributed by atoms with Crippen LogP contribution in [0.5, 0.6) is 0 Å². The van der Waals surface area contributed by atoms with E-state index < -0.39 is 0 Å². The van der Waals surface area contributed by atoms with Crippen molar-refractivity contribution in [3.05, 3.63) is 52.8 Å². The molecule has 0 saturated carbocycles. The zero-order chi connectivity index (χ0) is 15.0. The zero-order valence-corrected chi connectivity index (χ0v) is 14.2. The maximum Gasteiger partial charge on any atom is 0.129 e. The number of hydrogen-bond donors (Lipinski definition) is 0. The number of alkyl halides is 1. The molecule has 0 N–H and O–H groups in total. The van der Waals surface area contributed by atoms with Crippen LogP contribution in [0.2, 0.25) is 0 Å². The molecular formula is C16H15BrClN3. The number of imidazole rings is 1. The summed E-state index contributed by atoms with van der Waals surface area (Å²) in [6, 6.07) is 14.4. The smallest absolute Gasteiger partial charge is 0.129 e.